The summed E-state index contributed by atoms with van der Waals surface area (Å²) in [5.74, 6) is 0.581. The van der Waals surface area contributed by atoms with E-state index in [0.29, 0.717) is 22.5 Å². The number of nitrogens with two attached hydrogens (primary N) is 1. The van der Waals surface area contributed by atoms with Crippen LogP contribution in [0, 0.1) is 5.92 Å². The number of piperidine rings is 1. The Labute approximate surface area is 131 Å². The van der Waals surface area contributed by atoms with Crippen LogP contribution in [0.4, 0.5) is 0 Å². The van der Waals surface area contributed by atoms with Crippen LogP contribution in [-0.2, 0) is 4.74 Å². The third-order valence-corrected chi connectivity index (χ3v) is 4.32. The first-order valence-corrected chi connectivity index (χ1v) is 7.78. The van der Waals surface area contributed by atoms with Crippen molar-refractivity contribution in [1.29, 1.82) is 0 Å². The van der Waals surface area contributed by atoms with Gasteiger partial charge in [0.2, 0.25) is 0 Å². The first-order valence-electron chi connectivity index (χ1n) is 7.03. The lowest BCUT2D eigenvalue weighted by Crippen LogP contribution is -2.42. The molecule has 1 aromatic rings. The Morgan fingerprint density at radius 2 is 2.05 bits per heavy atom. The second-order valence-corrected chi connectivity index (χ2v) is 6.29. The van der Waals surface area contributed by atoms with Crippen LogP contribution in [0.2, 0.25) is 10.0 Å². The Morgan fingerprint density at radius 1 is 1.35 bits per heavy atom. The summed E-state index contributed by atoms with van der Waals surface area (Å²) in [6, 6.07) is 5.85. The second-order valence-electron chi connectivity index (χ2n) is 5.41. The third kappa shape index (κ3) is 4.09. The maximum atomic E-state index is 6.10. The van der Waals surface area contributed by atoms with Crippen molar-refractivity contribution in [3.63, 3.8) is 0 Å². The van der Waals surface area contributed by atoms with Crippen LogP contribution in [0.25, 0.3) is 0 Å². The fourth-order valence-corrected chi connectivity index (χ4v) is 3.56. The van der Waals surface area contributed by atoms with E-state index in [9.17, 15) is 0 Å². The molecule has 0 saturated carbocycles. The first-order chi connectivity index (χ1) is 9.63. The van der Waals surface area contributed by atoms with E-state index in [4.69, 9.17) is 33.7 Å². The Hall–Kier alpha value is -0.320. The molecule has 0 spiro atoms. The predicted molar refractivity (Wildman–Crippen MR) is 84.4 cm³/mol. The molecule has 1 fully saturated rings. The molecule has 0 radical (unpaired) electrons. The normalized spacial score (nSPS) is 21.9. The number of methoxy groups -OCH3 is 1. The summed E-state index contributed by atoms with van der Waals surface area (Å²) in [4.78, 5) is 2.43. The smallest absolute Gasteiger partial charge is 0.0502 e. The highest BCUT2D eigenvalue weighted by Crippen LogP contribution is 2.30. The van der Waals surface area contributed by atoms with Crippen LogP contribution in [-0.4, -0.2) is 38.3 Å². The van der Waals surface area contributed by atoms with Crippen molar-refractivity contribution in [2.45, 2.75) is 18.9 Å². The van der Waals surface area contributed by atoms with Gasteiger partial charge in [0.1, 0.15) is 0 Å². The molecule has 20 heavy (non-hydrogen) atoms. The van der Waals surface area contributed by atoms with E-state index in [1.807, 2.05) is 12.1 Å². The molecule has 5 heteroatoms. The van der Waals surface area contributed by atoms with E-state index in [1.165, 1.54) is 12.8 Å². The molecule has 2 rings (SSSR count). The molecule has 1 aliphatic heterocycles. The average Bonchev–Trinajstić information content (AvgIpc) is 2.39. The van der Waals surface area contributed by atoms with Gasteiger partial charge in [0.25, 0.3) is 0 Å². The number of benzene rings is 1. The minimum Gasteiger partial charge on any atom is -0.384 e. The Bertz CT molecular complexity index is 420. The van der Waals surface area contributed by atoms with Crippen molar-refractivity contribution < 1.29 is 4.74 Å². The van der Waals surface area contributed by atoms with Gasteiger partial charge in [-0.2, -0.15) is 0 Å². The van der Waals surface area contributed by atoms with Crippen molar-refractivity contribution in [1.82, 2.24) is 4.90 Å². The van der Waals surface area contributed by atoms with E-state index in [0.717, 1.165) is 25.3 Å². The summed E-state index contributed by atoms with van der Waals surface area (Å²) in [7, 11) is 1.76. The molecule has 1 heterocycles. The lowest BCUT2D eigenvalue weighted by atomic mass is 9.95. The fourth-order valence-electron chi connectivity index (χ4n) is 3.02. The van der Waals surface area contributed by atoms with Gasteiger partial charge < -0.3 is 10.5 Å². The monoisotopic (exact) mass is 316 g/mol. The molecule has 0 aromatic heterocycles. The van der Waals surface area contributed by atoms with Gasteiger partial charge in [0, 0.05) is 36.3 Å². The summed E-state index contributed by atoms with van der Waals surface area (Å²) < 4.78 is 5.29. The van der Waals surface area contributed by atoms with E-state index in [-0.39, 0.29) is 6.04 Å². The zero-order valence-electron chi connectivity index (χ0n) is 11.8. The topological polar surface area (TPSA) is 38.5 Å². The molecule has 0 aliphatic carbocycles. The van der Waals surface area contributed by atoms with E-state index < -0.39 is 0 Å². The Kier molecular flexibility index (Phi) is 6.12. The summed E-state index contributed by atoms with van der Waals surface area (Å²) in [6.07, 6.45) is 2.40. The molecule has 1 aromatic carbocycles. The van der Waals surface area contributed by atoms with Gasteiger partial charge in [-0.1, -0.05) is 23.2 Å². The van der Waals surface area contributed by atoms with Gasteiger partial charge >= 0.3 is 0 Å². The molecule has 1 aliphatic rings. The van der Waals surface area contributed by atoms with E-state index in [2.05, 4.69) is 4.90 Å². The second kappa shape index (κ2) is 7.62. The summed E-state index contributed by atoms with van der Waals surface area (Å²) >= 11 is 12.2. The third-order valence-electron chi connectivity index (χ3n) is 3.89. The van der Waals surface area contributed by atoms with Gasteiger partial charge in [-0.3, -0.25) is 4.90 Å². The maximum Gasteiger partial charge on any atom is 0.0502 e. The summed E-state index contributed by atoms with van der Waals surface area (Å²) in [6.45, 7) is 3.45. The number of likely N-dealkylation sites (tertiary alicyclic amines) is 1. The quantitative estimate of drug-likeness (QED) is 0.905. The minimum absolute atomic E-state index is 0.172. The average molecular weight is 317 g/mol. The van der Waals surface area contributed by atoms with Crippen LogP contribution < -0.4 is 5.73 Å². The number of rotatable bonds is 5. The van der Waals surface area contributed by atoms with Crippen LogP contribution >= 0.6 is 23.2 Å². The number of nitrogens with zero attached hydrogens (tertiary/aromatic N) is 1. The van der Waals surface area contributed by atoms with Crippen molar-refractivity contribution in [2.24, 2.45) is 11.7 Å². The first kappa shape index (κ1) is 16.1. The molecule has 2 unspecified atom stereocenters. The van der Waals surface area contributed by atoms with Gasteiger partial charge in [-0.15, -0.1) is 0 Å². The van der Waals surface area contributed by atoms with Crippen molar-refractivity contribution in [3.8, 4) is 0 Å². The predicted octanol–water partition coefficient (Wildman–Crippen LogP) is 3.35. The fraction of sp³-hybridized carbons (Fsp3) is 0.600. The molecule has 1 saturated heterocycles. The van der Waals surface area contributed by atoms with Crippen LogP contribution in [0.5, 0.6) is 0 Å². The highest BCUT2D eigenvalue weighted by molar-refractivity contribution is 6.34. The number of hydrogen-bond donors (Lipinski definition) is 1. The van der Waals surface area contributed by atoms with Gasteiger partial charge in [0.05, 0.1) is 6.61 Å². The van der Waals surface area contributed by atoms with Gasteiger partial charge in [-0.25, -0.2) is 0 Å². The van der Waals surface area contributed by atoms with Crippen LogP contribution in [0.1, 0.15) is 24.4 Å². The highest BCUT2D eigenvalue weighted by Gasteiger charge is 2.26. The summed E-state index contributed by atoms with van der Waals surface area (Å²) in [5, 5.41) is 1.33. The van der Waals surface area contributed by atoms with Crippen LogP contribution in [0.15, 0.2) is 18.2 Å². The summed E-state index contributed by atoms with van der Waals surface area (Å²) in [5.41, 5.74) is 7.10. The number of hydrogen-bond acceptors (Lipinski definition) is 3. The van der Waals surface area contributed by atoms with Crippen molar-refractivity contribution >= 4 is 23.2 Å². The van der Waals surface area contributed by atoms with Crippen LogP contribution in [0.3, 0.4) is 0 Å². The largest absolute Gasteiger partial charge is 0.384 e. The molecule has 0 bridgehead atoms. The van der Waals surface area contributed by atoms with E-state index >= 15 is 0 Å². The van der Waals surface area contributed by atoms with Gasteiger partial charge in [0.15, 0.2) is 0 Å². The molecule has 3 nitrogen and oxygen atoms in total. The van der Waals surface area contributed by atoms with Gasteiger partial charge in [-0.05, 0) is 49.1 Å². The molecular weight excluding hydrogens is 295 g/mol. The SMILES string of the molecule is COCC1CCCN(C(CN)c2cc(Cl)cc(Cl)c2)C1. The molecular formula is C15H22Cl2N2O. The lowest BCUT2D eigenvalue weighted by molar-refractivity contribution is 0.0697. The maximum absolute atomic E-state index is 6.10. The number of halogens is 2. The molecule has 2 N–H and O–H groups in total. The van der Waals surface area contributed by atoms with Crippen molar-refractivity contribution in [2.75, 3.05) is 33.4 Å². The Balaban J connectivity index is 2.14. The lowest BCUT2D eigenvalue weighted by Gasteiger charge is -2.38. The minimum atomic E-state index is 0.172. The van der Waals surface area contributed by atoms with E-state index in [1.54, 1.807) is 13.2 Å². The zero-order valence-corrected chi connectivity index (χ0v) is 13.3. The standard InChI is InChI=1S/C15H22Cl2N2O/c1-20-10-11-3-2-4-19(9-11)15(8-18)12-5-13(16)7-14(17)6-12/h5-7,11,15H,2-4,8-10,18H2,1H3. The van der Waals surface area contributed by atoms with Crippen molar-refractivity contribution in [3.05, 3.63) is 33.8 Å². The highest BCUT2D eigenvalue weighted by atomic mass is 35.5. The Morgan fingerprint density at radius 3 is 2.65 bits per heavy atom. The zero-order chi connectivity index (χ0) is 14.5. The molecule has 0 amide bonds. The number of ether oxygens (including phenoxy) is 1. The molecule has 112 valence electrons. The molecule has 2 atom stereocenters.